The fraction of sp³-hybridized carbons (Fsp3) is 0.765. The van der Waals surface area contributed by atoms with Crippen molar-refractivity contribution < 1.29 is 0 Å². The van der Waals surface area contributed by atoms with Crippen LogP contribution in [0, 0.1) is 17.8 Å². The molecule has 0 nitrogen and oxygen atoms in total. The van der Waals surface area contributed by atoms with E-state index in [9.17, 15) is 0 Å². The van der Waals surface area contributed by atoms with Crippen molar-refractivity contribution in [2.75, 3.05) is 0 Å². The van der Waals surface area contributed by atoms with Gasteiger partial charge in [-0.15, -0.1) is 0 Å². The lowest BCUT2D eigenvalue weighted by Gasteiger charge is -2.06. The molecule has 0 spiro atoms. The molecule has 3 atom stereocenters. The molecule has 0 N–H and O–H groups in total. The number of hydrogen-bond acceptors (Lipinski definition) is 0. The zero-order valence-electron chi connectivity index (χ0n) is 13.4. The van der Waals surface area contributed by atoms with Gasteiger partial charge in [0.2, 0.25) is 0 Å². The van der Waals surface area contributed by atoms with Gasteiger partial charge in [0.1, 0.15) is 0 Å². The van der Waals surface area contributed by atoms with Gasteiger partial charge in [-0.2, -0.15) is 0 Å². The van der Waals surface area contributed by atoms with Gasteiger partial charge in [-0.1, -0.05) is 65.3 Å². The Balaban J connectivity index is 0. The molecular weight excluding hydrogens is 204 g/mol. The molecule has 0 aromatic rings. The minimum atomic E-state index is 0.778. The molecule has 3 unspecified atom stereocenters. The standard InChI is InChI=1S/C8H16.C7H12.C2H6/c1-5-7(3)8(4)6-2;1-6-4-3-5-7(6)2;1-2/h5,8H,6H2,1-4H3;3-4,6-7H,5H2,1-2H3;1-2H3/b7-5-;;. The van der Waals surface area contributed by atoms with Crippen LogP contribution in [0.25, 0.3) is 0 Å². The molecule has 0 aromatic carbocycles. The van der Waals surface area contributed by atoms with Crippen LogP contribution in [0.15, 0.2) is 23.8 Å². The highest BCUT2D eigenvalue weighted by Crippen LogP contribution is 2.22. The molecule has 1 aliphatic carbocycles. The second kappa shape index (κ2) is 12.0. The fourth-order valence-corrected chi connectivity index (χ4v) is 1.52. The third kappa shape index (κ3) is 9.21. The maximum absolute atomic E-state index is 2.30. The molecule has 0 amide bonds. The highest BCUT2D eigenvalue weighted by molar-refractivity contribution is 4.99. The molecule has 0 heteroatoms. The van der Waals surface area contributed by atoms with Crippen LogP contribution >= 0.6 is 0 Å². The van der Waals surface area contributed by atoms with Crippen molar-refractivity contribution in [1.29, 1.82) is 0 Å². The van der Waals surface area contributed by atoms with Crippen molar-refractivity contribution in [2.45, 2.75) is 68.2 Å². The predicted octanol–water partition coefficient (Wildman–Crippen LogP) is 6.24. The Bertz CT molecular complexity index is 210. The number of allylic oxidation sites excluding steroid dienone is 4. The summed E-state index contributed by atoms with van der Waals surface area (Å²) in [6.07, 6.45) is 9.31. The van der Waals surface area contributed by atoms with Gasteiger partial charge >= 0.3 is 0 Å². The van der Waals surface area contributed by atoms with Crippen molar-refractivity contribution in [1.82, 2.24) is 0 Å². The minimum absolute atomic E-state index is 0.778. The lowest BCUT2D eigenvalue weighted by molar-refractivity contribution is 0.498. The van der Waals surface area contributed by atoms with E-state index in [0.717, 1.165) is 17.8 Å². The molecule has 0 aliphatic heterocycles. The SMILES string of the molecule is C/C=C(/C)C(C)CC.CC.CC1C=CCC1C. The summed E-state index contributed by atoms with van der Waals surface area (Å²) in [4.78, 5) is 0. The van der Waals surface area contributed by atoms with Gasteiger partial charge in [-0.3, -0.25) is 0 Å². The van der Waals surface area contributed by atoms with Gasteiger partial charge < -0.3 is 0 Å². The third-order valence-electron chi connectivity index (χ3n) is 3.69. The van der Waals surface area contributed by atoms with Crippen LogP contribution in [-0.4, -0.2) is 0 Å². The van der Waals surface area contributed by atoms with E-state index in [-0.39, 0.29) is 0 Å². The Morgan fingerprint density at radius 3 is 2.00 bits per heavy atom. The fourth-order valence-electron chi connectivity index (χ4n) is 1.52. The van der Waals surface area contributed by atoms with E-state index in [0.29, 0.717) is 0 Å². The van der Waals surface area contributed by atoms with Crippen LogP contribution in [0.5, 0.6) is 0 Å². The topological polar surface area (TPSA) is 0 Å². The first-order valence-corrected chi connectivity index (χ1v) is 7.32. The van der Waals surface area contributed by atoms with E-state index < -0.39 is 0 Å². The molecule has 0 saturated heterocycles. The van der Waals surface area contributed by atoms with Gasteiger partial charge in [0.25, 0.3) is 0 Å². The van der Waals surface area contributed by atoms with Crippen LogP contribution < -0.4 is 0 Å². The van der Waals surface area contributed by atoms with Crippen molar-refractivity contribution in [3.05, 3.63) is 23.8 Å². The maximum Gasteiger partial charge on any atom is -0.0233 e. The van der Waals surface area contributed by atoms with Gasteiger partial charge in [-0.25, -0.2) is 0 Å². The van der Waals surface area contributed by atoms with Crippen LogP contribution in [0.4, 0.5) is 0 Å². The predicted molar refractivity (Wildman–Crippen MR) is 82.3 cm³/mol. The van der Waals surface area contributed by atoms with Crippen LogP contribution in [0.1, 0.15) is 68.2 Å². The summed E-state index contributed by atoms with van der Waals surface area (Å²) in [6.45, 7) is 17.3. The molecule has 0 aromatic heterocycles. The lowest BCUT2D eigenvalue weighted by atomic mass is 10.0. The molecule has 0 fully saturated rings. The van der Waals surface area contributed by atoms with E-state index in [4.69, 9.17) is 0 Å². The molecule has 102 valence electrons. The van der Waals surface area contributed by atoms with E-state index >= 15 is 0 Å². The van der Waals surface area contributed by atoms with Crippen LogP contribution in [-0.2, 0) is 0 Å². The molecule has 1 aliphatic rings. The van der Waals surface area contributed by atoms with Gasteiger partial charge in [0.15, 0.2) is 0 Å². The Morgan fingerprint density at radius 2 is 1.88 bits per heavy atom. The summed E-state index contributed by atoms with van der Waals surface area (Å²) in [6, 6.07) is 0. The molecule has 1 rings (SSSR count). The summed E-state index contributed by atoms with van der Waals surface area (Å²) < 4.78 is 0. The second-order valence-electron chi connectivity index (χ2n) is 4.84. The normalized spacial score (nSPS) is 24.4. The summed E-state index contributed by atoms with van der Waals surface area (Å²) in [7, 11) is 0. The van der Waals surface area contributed by atoms with Crippen molar-refractivity contribution in [3.8, 4) is 0 Å². The van der Waals surface area contributed by atoms with Gasteiger partial charge in [0, 0.05) is 0 Å². The Kier molecular flexibility index (Phi) is 13.2. The monoisotopic (exact) mass is 238 g/mol. The van der Waals surface area contributed by atoms with Crippen molar-refractivity contribution in [3.63, 3.8) is 0 Å². The third-order valence-corrected chi connectivity index (χ3v) is 3.69. The first-order chi connectivity index (χ1) is 8.02. The zero-order valence-corrected chi connectivity index (χ0v) is 13.4. The maximum atomic E-state index is 2.30. The largest absolute Gasteiger partial charge is 0.0885 e. The molecule has 0 bridgehead atoms. The Hall–Kier alpha value is -0.520. The second-order valence-corrected chi connectivity index (χ2v) is 4.84. The zero-order chi connectivity index (χ0) is 13.8. The first kappa shape index (κ1) is 18.8. The van der Waals surface area contributed by atoms with E-state index in [1.54, 1.807) is 0 Å². The Labute approximate surface area is 110 Å². The summed E-state index contributed by atoms with van der Waals surface area (Å²) >= 11 is 0. The van der Waals surface area contributed by atoms with Gasteiger partial charge in [0.05, 0.1) is 0 Å². The smallest absolute Gasteiger partial charge is 0.0233 e. The molecule has 0 heterocycles. The molecule has 0 saturated carbocycles. The highest BCUT2D eigenvalue weighted by atomic mass is 14.2. The van der Waals surface area contributed by atoms with E-state index in [1.165, 1.54) is 18.4 Å². The lowest BCUT2D eigenvalue weighted by Crippen LogP contribution is -1.96. The van der Waals surface area contributed by atoms with Crippen LogP contribution in [0.3, 0.4) is 0 Å². The van der Waals surface area contributed by atoms with Gasteiger partial charge in [-0.05, 0) is 44.4 Å². The average molecular weight is 238 g/mol. The van der Waals surface area contributed by atoms with Crippen molar-refractivity contribution >= 4 is 0 Å². The molecule has 0 radical (unpaired) electrons. The molecular formula is C17H34. The number of hydrogen-bond donors (Lipinski definition) is 0. The summed E-state index contributed by atoms with van der Waals surface area (Å²) in [5.41, 5.74) is 1.51. The van der Waals surface area contributed by atoms with E-state index in [2.05, 4.69) is 59.8 Å². The minimum Gasteiger partial charge on any atom is -0.0885 e. The summed E-state index contributed by atoms with van der Waals surface area (Å²) in [5.74, 6) is 2.51. The highest BCUT2D eigenvalue weighted by Gasteiger charge is 2.11. The average Bonchev–Trinajstić information content (AvgIpc) is 2.75. The molecule has 17 heavy (non-hydrogen) atoms. The summed E-state index contributed by atoms with van der Waals surface area (Å²) in [5, 5.41) is 0. The quantitative estimate of drug-likeness (QED) is 0.499. The van der Waals surface area contributed by atoms with E-state index in [1.807, 2.05) is 13.8 Å². The Morgan fingerprint density at radius 1 is 1.35 bits per heavy atom. The van der Waals surface area contributed by atoms with Crippen molar-refractivity contribution in [2.24, 2.45) is 17.8 Å². The number of rotatable bonds is 2. The van der Waals surface area contributed by atoms with Crippen LogP contribution in [0.2, 0.25) is 0 Å². The first-order valence-electron chi connectivity index (χ1n) is 7.32.